The molecule has 0 atom stereocenters. The highest BCUT2D eigenvalue weighted by Gasteiger charge is 2.32. The van der Waals surface area contributed by atoms with Gasteiger partial charge in [-0.15, -0.1) is 0 Å². The third-order valence-corrected chi connectivity index (χ3v) is 4.18. The summed E-state index contributed by atoms with van der Waals surface area (Å²) < 4.78 is 5.60. The Balaban J connectivity index is 2.16. The van der Waals surface area contributed by atoms with Gasteiger partial charge < -0.3 is 4.52 Å². The van der Waals surface area contributed by atoms with Crippen molar-refractivity contribution < 1.29 is 4.52 Å². The molecule has 1 fully saturated rings. The molecule has 0 bridgehead atoms. The minimum Gasteiger partial charge on any atom is -0.360 e. The number of rotatable bonds is 3. The molecule has 1 aromatic carbocycles. The van der Waals surface area contributed by atoms with E-state index in [-0.39, 0.29) is 0 Å². The summed E-state index contributed by atoms with van der Waals surface area (Å²) in [7, 11) is 0. The Bertz CT molecular complexity index is 564. The number of benzene rings is 1. The first kappa shape index (κ1) is 12.0. The zero-order valence-electron chi connectivity index (χ0n) is 10.7. The van der Waals surface area contributed by atoms with Crippen molar-refractivity contribution >= 4 is 15.9 Å². The largest absolute Gasteiger partial charge is 0.360 e. The van der Waals surface area contributed by atoms with E-state index in [1.54, 1.807) is 0 Å². The van der Waals surface area contributed by atoms with E-state index in [0.717, 1.165) is 16.8 Å². The minimum absolute atomic E-state index is 0.600. The molecule has 3 rings (SSSR count). The molecule has 0 aliphatic heterocycles. The van der Waals surface area contributed by atoms with Crippen molar-refractivity contribution in [3.05, 3.63) is 40.6 Å². The number of hydrogen-bond donors (Lipinski definition) is 0. The fraction of sp³-hybridized carbons (Fsp3) is 0.400. The summed E-state index contributed by atoms with van der Waals surface area (Å²) >= 11 is 3.58. The maximum atomic E-state index is 5.60. The first-order valence-electron chi connectivity index (χ1n) is 6.33. The average Bonchev–Trinajstić information content (AvgIpc) is 3.10. The second-order valence-electron chi connectivity index (χ2n) is 5.05. The quantitative estimate of drug-likeness (QED) is 0.766. The normalized spacial score (nSPS) is 15.1. The molecule has 0 unspecified atom stereocenters. The Kier molecular flexibility index (Phi) is 3.02. The monoisotopic (exact) mass is 305 g/mol. The molecule has 1 saturated carbocycles. The summed E-state index contributed by atoms with van der Waals surface area (Å²) in [5, 5.41) is 5.15. The van der Waals surface area contributed by atoms with Crippen LogP contribution in [0.3, 0.4) is 0 Å². The molecule has 0 radical (unpaired) electrons. The first-order valence-corrected chi connectivity index (χ1v) is 7.45. The summed E-state index contributed by atoms with van der Waals surface area (Å²) in [5.74, 6) is 1.69. The van der Waals surface area contributed by atoms with Crippen molar-refractivity contribution in [2.75, 3.05) is 0 Å². The molecular formula is C15H16BrNO. The first-order chi connectivity index (χ1) is 8.72. The molecular weight excluding hydrogens is 290 g/mol. The zero-order valence-corrected chi connectivity index (χ0v) is 12.3. The highest BCUT2D eigenvalue weighted by Crippen LogP contribution is 2.45. The van der Waals surface area contributed by atoms with Crippen LogP contribution in [0.2, 0.25) is 0 Å². The number of alkyl halides is 1. The second kappa shape index (κ2) is 4.54. The maximum absolute atomic E-state index is 5.60. The van der Waals surface area contributed by atoms with Crippen LogP contribution in [-0.4, -0.2) is 5.16 Å². The van der Waals surface area contributed by atoms with E-state index in [9.17, 15) is 0 Å². The fourth-order valence-corrected chi connectivity index (χ4v) is 3.04. The van der Waals surface area contributed by atoms with Crippen LogP contribution in [0.15, 0.2) is 22.7 Å². The summed E-state index contributed by atoms with van der Waals surface area (Å²) in [6.45, 7) is 4.26. The number of hydrogen-bond acceptors (Lipinski definition) is 2. The summed E-state index contributed by atoms with van der Waals surface area (Å²) in [6, 6.07) is 6.35. The highest BCUT2D eigenvalue weighted by molar-refractivity contribution is 9.08. The maximum Gasteiger partial charge on any atom is 0.144 e. The molecule has 0 N–H and O–H groups in total. The van der Waals surface area contributed by atoms with E-state index >= 15 is 0 Å². The van der Waals surface area contributed by atoms with Gasteiger partial charge in [0.15, 0.2) is 0 Å². The van der Waals surface area contributed by atoms with Gasteiger partial charge in [-0.3, -0.25) is 0 Å². The van der Waals surface area contributed by atoms with Crippen LogP contribution in [-0.2, 0) is 5.33 Å². The summed E-state index contributed by atoms with van der Waals surface area (Å²) in [6.07, 6.45) is 2.47. The Morgan fingerprint density at radius 2 is 1.94 bits per heavy atom. The lowest BCUT2D eigenvalue weighted by Gasteiger charge is -2.07. The van der Waals surface area contributed by atoms with Gasteiger partial charge >= 0.3 is 0 Å². The van der Waals surface area contributed by atoms with Crippen LogP contribution < -0.4 is 0 Å². The van der Waals surface area contributed by atoms with Gasteiger partial charge in [0.25, 0.3) is 0 Å². The van der Waals surface area contributed by atoms with E-state index < -0.39 is 0 Å². The van der Waals surface area contributed by atoms with E-state index in [1.807, 2.05) is 0 Å². The Hall–Kier alpha value is -1.09. The van der Waals surface area contributed by atoms with Gasteiger partial charge in [0.1, 0.15) is 11.5 Å². The number of halogens is 1. The lowest BCUT2D eigenvalue weighted by Crippen LogP contribution is -1.92. The molecule has 3 heteroatoms. The average molecular weight is 306 g/mol. The van der Waals surface area contributed by atoms with E-state index in [0.29, 0.717) is 5.92 Å². The molecule has 1 aliphatic carbocycles. The lowest BCUT2D eigenvalue weighted by atomic mass is 9.97. The van der Waals surface area contributed by atoms with Crippen molar-refractivity contribution in [3.63, 3.8) is 0 Å². The molecule has 1 heterocycles. The summed E-state index contributed by atoms with van der Waals surface area (Å²) in [4.78, 5) is 0. The van der Waals surface area contributed by atoms with Gasteiger partial charge in [-0.25, -0.2) is 0 Å². The molecule has 0 amide bonds. The van der Waals surface area contributed by atoms with Crippen LogP contribution in [0.1, 0.15) is 41.2 Å². The van der Waals surface area contributed by atoms with Crippen LogP contribution in [0.5, 0.6) is 0 Å². The third-order valence-electron chi connectivity index (χ3n) is 3.62. The summed E-state index contributed by atoms with van der Waals surface area (Å²) in [5.41, 5.74) is 5.99. The Labute approximate surface area is 116 Å². The Morgan fingerprint density at radius 3 is 2.50 bits per heavy atom. The van der Waals surface area contributed by atoms with Crippen molar-refractivity contribution in [2.24, 2.45) is 0 Å². The molecule has 1 aromatic heterocycles. The topological polar surface area (TPSA) is 26.0 Å². The van der Waals surface area contributed by atoms with Crippen molar-refractivity contribution in [2.45, 2.75) is 37.9 Å². The van der Waals surface area contributed by atoms with Crippen LogP contribution in [0.4, 0.5) is 0 Å². The van der Waals surface area contributed by atoms with E-state index in [1.165, 1.54) is 35.1 Å². The number of aryl methyl sites for hydroxylation is 2. The van der Waals surface area contributed by atoms with E-state index in [2.05, 4.69) is 53.1 Å². The van der Waals surface area contributed by atoms with Gasteiger partial charge in [-0.2, -0.15) is 0 Å². The SMILES string of the molecule is Cc1cccc(C)c1-c1noc(C2CC2)c1CBr. The van der Waals surface area contributed by atoms with Crippen molar-refractivity contribution in [1.29, 1.82) is 0 Å². The number of nitrogens with zero attached hydrogens (tertiary/aromatic N) is 1. The van der Waals surface area contributed by atoms with Gasteiger partial charge in [0, 0.05) is 22.4 Å². The second-order valence-corrected chi connectivity index (χ2v) is 5.61. The number of aromatic nitrogens is 1. The lowest BCUT2D eigenvalue weighted by molar-refractivity contribution is 0.385. The predicted molar refractivity (Wildman–Crippen MR) is 76.0 cm³/mol. The molecule has 18 heavy (non-hydrogen) atoms. The highest BCUT2D eigenvalue weighted by atomic mass is 79.9. The molecule has 2 nitrogen and oxygen atoms in total. The van der Waals surface area contributed by atoms with Crippen LogP contribution >= 0.6 is 15.9 Å². The minimum atomic E-state index is 0.600. The molecule has 0 spiro atoms. The van der Waals surface area contributed by atoms with E-state index in [4.69, 9.17) is 4.52 Å². The molecule has 94 valence electrons. The third kappa shape index (κ3) is 1.91. The smallest absolute Gasteiger partial charge is 0.144 e. The zero-order chi connectivity index (χ0) is 12.7. The predicted octanol–water partition coefficient (Wildman–Crippen LogP) is 4.73. The molecule has 1 aliphatic rings. The standard InChI is InChI=1S/C15H16BrNO/c1-9-4-3-5-10(2)13(9)14-12(8-16)15(18-17-14)11-6-7-11/h3-5,11H,6-8H2,1-2H3. The Morgan fingerprint density at radius 1 is 1.28 bits per heavy atom. The van der Waals surface area contributed by atoms with Crippen molar-refractivity contribution in [1.82, 2.24) is 5.16 Å². The van der Waals surface area contributed by atoms with Gasteiger partial charge in [0.2, 0.25) is 0 Å². The van der Waals surface area contributed by atoms with Gasteiger partial charge in [-0.1, -0.05) is 39.3 Å². The van der Waals surface area contributed by atoms with Crippen LogP contribution in [0, 0.1) is 13.8 Å². The molecule has 2 aromatic rings. The van der Waals surface area contributed by atoms with Gasteiger partial charge in [0.05, 0.1) is 0 Å². The molecule has 0 saturated heterocycles. The van der Waals surface area contributed by atoms with Gasteiger partial charge in [-0.05, 0) is 37.8 Å². The van der Waals surface area contributed by atoms with Crippen LogP contribution in [0.25, 0.3) is 11.3 Å². The van der Waals surface area contributed by atoms with Crippen molar-refractivity contribution in [3.8, 4) is 11.3 Å². The fourth-order valence-electron chi connectivity index (χ4n) is 2.50.